The first-order valence-electron chi connectivity index (χ1n) is 12.2. The second-order valence-corrected chi connectivity index (χ2v) is 11.6. The molecule has 0 radical (unpaired) electrons. The van der Waals surface area contributed by atoms with E-state index >= 15 is 0 Å². The number of hydrogen-bond donors (Lipinski definition) is 1. The molecule has 1 N–H and O–H groups in total. The highest BCUT2D eigenvalue weighted by Crippen LogP contribution is 2.21. The lowest BCUT2D eigenvalue weighted by atomic mass is 9.95. The van der Waals surface area contributed by atoms with Gasteiger partial charge in [-0.15, -0.1) is 0 Å². The largest absolute Gasteiger partial charge is 0.352 e. The van der Waals surface area contributed by atoms with Gasteiger partial charge < -0.3 is 10.2 Å². The number of sulfonamides is 1. The molecule has 196 valence electrons. The number of amides is 2. The second-order valence-electron chi connectivity index (χ2n) is 9.13. The standard InChI is InChI=1S/C26H33ClFN3O4S/c1-3-24(26(33)29-22-7-5-4-6-8-22)31(17-19-9-13-21(28)14-10-19)25(32)18-30(2)36(34,35)23-15-11-20(27)12-16-23/h9-16,22,24H,3-8,17-18H2,1-2H3,(H,29,33). The van der Waals surface area contributed by atoms with E-state index < -0.39 is 34.3 Å². The van der Waals surface area contributed by atoms with Crippen molar-refractivity contribution in [2.45, 2.75) is 69.0 Å². The van der Waals surface area contributed by atoms with Crippen LogP contribution in [0.25, 0.3) is 0 Å². The SMILES string of the molecule is CCC(C(=O)NC1CCCCC1)N(Cc1ccc(F)cc1)C(=O)CN(C)S(=O)(=O)c1ccc(Cl)cc1. The molecule has 36 heavy (non-hydrogen) atoms. The van der Waals surface area contributed by atoms with Gasteiger partial charge in [-0.2, -0.15) is 4.31 Å². The molecule has 0 aliphatic heterocycles. The summed E-state index contributed by atoms with van der Waals surface area (Å²) in [5.74, 6) is -1.19. The molecule has 0 heterocycles. The summed E-state index contributed by atoms with van der Waals surface area (Å²) in [6.45, 7) is 1.40. The molecule has 1 aliphatic carbocycles. The Morgan fingerprint density at radius 3 is 2.25 bits per heavy atom. The first-order valence-corrected chi connectivity index (χ1v) is 14.0. The van der Waals surface area contributed by atoms with Crippen LogP contribution in [0.1, 0.15) is 51.0 Å². The van der Waals surface area contributed by atoms with Crippen molar-refractivity contribution >= 4 is 33.4 Å². The smallest absolute Gasteiger partial charge is 0.243 e. The van der Waals surface area contributed by atoms with Gasteiger partial charge in [-0.3, -0.25) is 9.59 Å². The average molecular weight is 538 g/mol. The fourth-order valence-corrected chi connectivity index (χ4v) is 5.65. The van der Waals surface area contributed by atoms with E-state index in [0.717, 1.165) is 36.4 Å². The molecular formula is C26H33ClFN3O4S. The number of halogens is 2. The van der Waals surface area contributed by atoms with Gasteiger partial charge in [0.05, 0.1) is 11.4 Å². The summed E-state index contributed by atoms with van der Waals surface area (Å²) in [5, 5.41) is 3.47. The van der Waals surface area contributed by atoms with E-state index in [1.807, 2.05) is 6.92 Å². The van der Waals surface area contributed by atoms with E-state index in [1.165, 1.54) is 48.3 Å². The predicted molar refractivity (Wildman–Crippen MR) is 137 cm³/mol. The Hall–Kier alpha value is -2.49. The van der Waals surface area contributed by atoms with Crippen molar-refractivity contribution in [3.8, 4) is 0 Å². The molecule has 0 aromatic heterocycles. The fourth-order valence-electron chi connectivity index (χ4n) is 4.40. The van der Waals surface area contributed by atoms with Gasteiger partial charge in [-0.05, 0) is 61.2 Å². The molecule has 0 saturated heterocycles. The molecule has 1 unspecified atom stereocenters. The Bertz CT molecular complexity index is 1140. The van der Waals surface area contributed by atoms with Crippen molar-refractivity contribution in [2.75, 3.05) is 13.6 Å². The van der Waals surface area contributed by atoms with Gasteiger partial charge >= 0.3 is 0 Å². The van der Waals surface area contributed by atoms with E-state index in [1.54, 1.807) is 12.1 Å². The van der Waals surface area contributed by atoms with Crippen molar-refractivity contribution in [1.82, 2.24) is 14.5 Å². The third-order valence-electron chi connectivity index (χ3n) is 6.48. The third-order valence-corrected chi connectivity index (χ3v) is 8.55. The summed E-state index contributed by atoms with van der Waals surface area (Å²) in [4.78, 5) is 28.2. The Morgan fingerprint density at radius 2 is 1.67 bits per heavy atom. The van der Waals surface area contributed by atoms with E-state index in [4.69, 9.17) is 11.6 Å². The highest BCUT2D eigenvalue weighted by atomic mass is 35.5. The van der Waals surface area contributed by atoms with Crippen LogP contribution in [-0.2, 0) is 26.2 Å². The van der Waals surface area contributed by atoms with E-state index in [-0.39, 0.29) is 23.4 Å². The quantitative estimate of drug-likeness (QED) is 0.488. The lowest BCUT2D eigenvalue weighted by Gasteiger charge is -2.33. The van der Waals surface area contributed by atoms with Gasteiger partial charge in [-0.1, -0.05) is 49.9 Å². The third kappa shape index (κ3) is 7.27. The Balaban J connectivity index is 1.82. The lowest BCUT2D eigenvalue weighted by molar-refractivity contribution is -0.141. The maximum atomic E-state index is 13.5. The van der Waals surface area contributed by atoms with Crippen molar-refractivity contribution < 1.29 is 22.4 Å². The Labute approximate surface area is 217 Å². The van der Waals surface area contributed by atoms with Crippen LogP contribution in [0.15, 0.2) is 53.4 Å². The van der Waals surface area contributed by atoms with Crippen LogP contribution in [0.2, 0.25) is 5.02 Å². The van der Waals surface area contributed by atoms with Crippen LogP contribution in [0.3, 0.4) is 0 Å². The van der Waals surface area contributed by atoms with Crippen LogP contribution >= 0.6 is 11.6 Å². The molecular weight excluding hydrogens is 505 g/mol. The van der Waals surface area contributed by atoms with Crippen LogP contribution in [0, 0.1) is 5.82 Å². The van der Waals surface area contributed by atoms with Gasteiger partial charge in [0.15, 0.2) is 0 Å². The molecule has 1 saturated carbocycles. The fraction of sp³-hybridized carbons (Fsp3) is 0.462. The molecule has 0 bridgehead atoms. The van der Waals surface area contributed by atoms with Gasteiger partial charge in [0, 0.05) is 24.7 Å². The number of nitrogens with zero attached hydrogens (tertiary/aromatic N) is 2. The first kappa shape index (κ1) is 28.1. The number of rotatable bonds is 10. The molecule has 0 spiro atoms. The Morgan fingerprint density at radius 1 is 1.06 bits per heavy atom. The van der Waals surface area contributed by atoms with Gasteiger partial charge in [0.25, 0.3) is 0 Å². The van der Waals surface area contributed by atoms with Gasteiger partial charge in [0.1, 0.15) is 11.9 Å². The maximum Gasteiger partial charge on any atom is 0.243 e. The summed E-state index contributed by atoms with van der Waals surface area (Å²) in [7, 11) is -2.64. The van der Waals surface area contributed by atoms with Gasteiger partial charge in [-0.25, -0.2) is 12.8 Å². The highest BCUT2D eigenvalue weighted by Gasteiger charge is 2.32. The lowest BCUT2D eigenvalue weighted by Crippen LogP contribution is -2.53. The van der Waals surface area contributed by atoms with E-state index in [9.17, 15) is 22.4 Å². The topological polar surface area (TPSA) is 86.8 Å². The molecule has 1 fully saturated rings. The summed E-state index contributed by atoms with van der Waals surface area (Å²) < 4.78 is 40.5. The molecule has 10 heteroatoms. The number of carbonyl (C=O) groups is 2. The zero-order valence-corrected chi connectivity index (χ0v) is 22.2. The monoisotopic (exact) mass is 537 g/mol. The normalized spacial score (nSPS) is 15.5. The molecule has 2 aromatic rings. The molecule has 2 aromatic carbocycles. The number of nitrogens with one attached hydrogen (secondary N) is 1. The minimum absolute atomic E-state index is 0.00867. The second kappa shape index (κ2) is 12.7. The van der Waals surface area contributed by atoms with Crippen LogP contribution in [-0.4, -0.2) is 55.1 Å². The minimum Gasteiger partial charge on any atom is -0.352 e. The zero-order valence-electron chi connectivity index (χ0n) is 20.6. The minimum atomic E-state index is -3.96. The summed E-state index contributed by atoms with van der Waals surface area (Å²) in [6.07, 6.45) is 5.39. The maximum absolute atomic E-state index is 13.5. The number of carbonyl (C=O) groups excluding carboxylic acids is 2. The summed E-state index contributed by atoms with van der Waals surface area (Å²) >= 11 is 5.87. The highest BCUT2D eigenvalue weighted by molar-refractivity contribution is 7.89. The van der Waals surface area contributed by atoms with Gasteiger partial charge in [0.2, 0.25) is 21.8 Å². The number of hydrogen-bond acceptors (Lipinski definition) is 4. The first-order chi connectivity index (χ1) is 17.1. The van der Waals surface area contributed by atoms with Crippen molar-refractivity contribution in [1.29, 1.82) is 0 Å². The molecule has 7 nitrogen and oxygen atoms in total. The van der Waals surface area contributed by atoms with E-state index in [0.29, 0.717) is 17.0 Å². The average Bonchev–Trinajstić information content (AvgIpc) is 2.86. The van der Waals surface area contributed by atoms with Crippen molar-refractivity contribution in [2.24, 2.45) is 0 Å². The van der Waals surface area contributed by atoms with Crippen LogP contribution in [0.5, 0.6) is 0 Å². The number of likely N-dealkylation sites (N-methyl/N-ethyl adjacent to an activating group) is 1. The molecule has 1 atom stereocenters. The molecule has 1 aliphatic rings. The summed E-state index contributed by atoms with van der Waals surface area (Å²) in [6, 6.07) is 10.6. The predicted octanol–water partition coefficient (Wildman–Crippen LogP) is 4.36. The molecule has 2 amide bonds. The van der Waals surface area contributed by atoms with E-state index in [2.05, 4.69) is 5.32 Å². The van der Waals surface area contributed by atoms with Crippen LogP contribution in [0.4, 0.5) is 4.39 Å². The van der Waals surface area contributed by atoms with Crippen molar-refractivity contribution in [3.63, 3.8) is 0 Å². The van der Waals surface area contributed by atoms with Crippen molar-refractivity contribution in [3.05, 3.63) is 64.9 Å². The number of benzene rings is 2. The Kier molecular flexibility index (Phi) is 9.87. The molecule has 3 rings (SSSR count). The zero-order chi connectivity index (χ0) is 26.3. The van der Waals surface area contributed by atoms with Crippen LogP contribution < -0.4 is 5.32 Å². The summed E-state index contributed by atoms with van der Waals surface area (Å²) in [5.41, 5.74) is 0.636.